The van der Waals surface area contributed by atoms with Gasteiger partial charge in [0.1, 0.15) is 0 Å². The lowest BCUT2D eigenvalue weighted by Crippen LogP contribution is -2.45. The minimum atomic E-state index is -0.0416. The van der Waals surface area contributed by atoms with Gasteiger partial charge in [-0.15, -0.1) is 0 Å². The van der Waals surface area contributed by atoms with Gasteiger partial charge in [0.05, 0.1) is 0 Å². The summed E-state index contributed by atoms with van der Waals surface area (Å²) >= 11 is 0. The quantitative estimate of drug-likeness (QED) is 0.709. The molecule has 3 rings (SSSR count). The molecule has 0 atom stereocenters. The van der Waals surface area contributed by atoms with Crippen LogP contribution in [-0.2, 0) is 4.79 Å². The molecule has 1 heterocycles. The number of ketones is 1. The van der Waals surface area contributed by atoms with Gasteiger partial charge in [-0.2, -0.15) is 0 Å². The zero-order valence-electron chi connectivity index (χ0n) is 16.7. The van der Waals surface area contributed by atoms with E-state index in [1.165, 1.54) is 6.92 Å². The predicted octanol–water partition coefficient (Wildman–Crippen LogP) is 3.11. The van der Waals surface area contributed by atoms with Crippen molar-refractivity contribution in [1.82, 2.24) is 10.2 Å². The van der Waals surface area contributed by atoms with Crippen LogP contribution < -0.4 is 10.6 Å². The van der Waals surface area contributed by atoms with Gasteiger partial charge in [-0.3, -0.25) is 14.4 Å². The minimum Gasteiger partial charge on any atom is -0.349 e. The van der Waals surface area contributed by atoms with Crippen LogP contribution in [0, 0.1) is 0 Å². The van der Waals surface area contributed by atoms with Gasteiger partial charge in [0.15, 0.2) is 5.78 Å². The molecule has 0 aliphatic carbocycles. The van der Waals surface area contributed by atoms with Crippen LogP contribution in [0.25, 0.3) is 0 Å². The van der Waals surface area contributed by atoms with Crippen LogP contribution in [0.3, 0.4) is 0 Å². The Kier molecular flexibility index (Phi) is 7.14. The Morgan fingerprint density at radius 1 is 0.931 bits per heavy atom. The first kappa shape index (κ1) is 20.7. The fourth-order valence-corrected chi connectivity index (χ4v) is 3.43. The highest BCUT2D eigenvalue weighted by molar-refractivity contribution is 5.95. The van der Waals surface area contributed by atoms with Crippen molar-refractivity contribution in [2.45, 2.75) is 32.2 Å². The molecule has 0 bridgehead atoms. The van der Waals surface area contributed by atoms with Crippen molar-refractivity contribution in [1.29, 1.82) is 0 Å². The van der Waals surface area contributed by atoms with Gasteiger partial charge in [0.25, 0.3) is 5.91 Å². The summed E-state index contributed by atoms with van der Waals surface area (Å²) in [6, 6.07) is 16.3. The maximum atomic E-state index is 12.2. The maximum absolute atomic E-state index is 12.2. The van der Waals surface area contributed by atoms with Gasteiger partial charge < -0.3 is 15.5 Å². The zero-order chi connectivity index (χ0) is 20.6. The Balaban J connectivity index is 1.36. The normalized spacial score (nSPS) is 14.9. The van der Waals surface area contributed by atoms with Crippen molar-refractivity contribution in [2.75, 3.05) is 25.0 Å². The van der Waals surface area contributed by atoms with Crippen molar-refractivity contribution in [2.24, 2.45) is 0 Å². The van der Waals surface area contributed by atoms with Gasteiger partial charge in [-0.25, -0.2) is 0 Å². The van der Waals surface area contributed by atoms with E-state index in [-0.39, 0.29) is 23.6 Å². The summed E-state index contributed by atoms with van der Waals surface area (Å²) in [7, 11) is 0. The molecule has 2 N–H and O–H groups in total. The second kappa shape index (κ2) is 9.98. The van der Waals surface area contributed by atoms with E-state index in [9.17, 15) is 14.4 Å². The molecule has 1 aliphatic rings. The first-order chi connectivity index (χ1) is 14.0. The van der Waals surface area contributed by atoms with E-state index in [1.54, 1.807) is 24.3 Å². The van der Waals surface area contributed by atoms with E-state index >= 15 is 0 Å². The molecule has 6 nitrogen and oxygen atoms in total. The van der Waals surface area contributed by atoms with Gasteiger partial charge >= 0.3 is 0 Å². The molecule has 2 amide bonds. The average Bonchev–Trinajstić information content (AvgIpc) is 2.74. The van der Waals surface area contributed by atoms with Crippen LogP contribution in [0.15, 0.2) is 54.6 Å². The third-order valence-corrected chi connectivity index (χ3v) is 5.19. The molecule has 2 aromatic carbocycles. The van der Waals surface area contributed by atoms with E-state index in [0.717, 1.165) is 25.9 Å². The molecule has 1 fully saturated rings. The number of carbonyl (C=O) groups is 3. The first-order valence-corrected chi connectivity index (χ1v) is 10.0. The number of hydrogen-bond acceptors (Lipinski definition) is 4. The smallest absolute Gasteiger partial charge is 0.251 e. The summed E-state index contributed by atoms with van der Waals surface area (Å²) < 4.78 is 0. The molecule has 1 aliphatic heterocycles. The number of benzene rings is 2. The number of amides is 2. The van der Waals surface area contributed by atoms with E-state index in [0.29, 0.717) is 29.8 Å². The van der Waals surface area contributed by atoms with Crippen molar-refractivity contribution in [3.05, 3.63) is 65.7 Å². The number of nitrogens with one attached hydrogen (secondary N) is 2. The fraction of sp³-hybridized carbons (Fsp3) is 0.348. The molecule has 29 heavy (non-hydrogen) atoms. The largest absolute Gasteiger partial charge is 0.349 e. The van der Waals surface area contributed by atoms with E-state index in [4.69, 9.17) is 0 Å². The molecule has 0 spiro atoms. The van der Waals surface area contributed by atoms with E-state index < -0.39 is 0 Å². The van der Waals surface area contributed by atoms with Gasteiger partial charge in [-0.1, -0.05) is 18.2 Å². The van der Waals surface area contributed by atoms with Crippen LogP contribution >= 0.6 is 0 Å². The summed E-state index contributed by atoms with van der Waals surface area (Å²) in [5.41, 5.74) is 2.01. The van der Waals surface area contributed by atoms with Crippen LogP contribution in [-0.4, -0.2) is 48.2 Å². The Bertz CT molecular complexity index is 841. The number of carbonyl (C=O) groups excluding carboxylic acids is 3. The van der Waals surface area contributed by atoms with Crippen LogP contribution in [0.2, 0.25) is 0 Å². The molecule has 0 radical (unpaired) electrons. The summed E-state index contributed by atoms with van der Waals surface area (Å²) in [4.78, 5) is 38.0. The summed E-state index contributed by atoms with van der Waals surface area (Å²) in [6.07, 6.45) is 2.18. The number of rotatable bonds is 7. The Labute approximate surface area is 171 Å². The lowest BCUT2D eigenvalue weighted by atomic mass is 10.0. The molecular weight excluding hydrogens is 366 g/mol. The highest BCUT2D eigenvalue weighted by Crippen LogP contribution is 2.13. The SMILES string of the molecule is CC(=O)c1ccc(NC(=O)CCN2CCC(NC(=O)c3ccccc3)CC2)cc1. The van der Waals surface area contributed by atoms with Gasteiger partial charge in [-0.05, 0) is 56.2 Å². The Morgan fingerprint density at radius 2 is 1.59 bits per heavy atom. The van der Waals surface area contributed by atoms with Gasteiger partial charge in [0.2, 0.25) is 5.91 Å². The third kappa shape index (κ3) is 6.26. The van der Waals surface area contributed by atoms with Crippen molar-refractivity contribution in [3.8, 4) is 0 Å². The maximum Gasteiger partial charge on any atom is 0.251 e. The summed E-state index contributed by atoms with van der Waals surface area (Å²) in [5, 5.41) is 5.96. The molecule has 6 heteroatoms. The molecule has 0 unspecified atom stereocenters. The number of piperidine rings is 1. The predicted molar refractivity (Wildman–Crippen MR) is 113 cm³/mol. The highest BCUT2D eigenvalue weighted by atomic mass is 16.2. The molecule has 2 aromatic rings. The molecular formula is C23H27N3O3. The molecule has 1 saturated heterocycles. The number of likely N-dealkylation sites (tertiary alicyclic amines) is 1. The van der Waals surface area contributed by atoms with Crippen LogP contribution in [0.4, 0.5) is 5.69 Å². The topological polar surface area (TPSA) is 78.5 Å². The third-order valence-electron chi connectivity index (χ3n) is 5.19. The Hall–Kier alpha value is -2.99. The lowest BCUT2D eigenvalue weighted by Gasteiger charge is -2.32. The second-order valence-electron chi connectivity index (χ2n) is 7.39. The average molecular weight is 393 g/mol. The van der Waals surface area contributed by atoms with Crippen molar-refractivity contribution < 1.29 is 14.4 Å². The van der Waals surface area contributed by atoms with E-state index in [2.05, 4.69) is 15.5 Å². The molecule has 0 saturated carbocycles. The zero-order valence-corrected chi connectivity index (χ0v) is 16.7. The Morgan fingerprint density at radius 3 is 2.21 bits per heavy atom. The number of anilines is 1. The van der Waals surface area contributed by atoms with Crippen LogP contribution in [0.5, 0.6) is 0 Å². The molecule has 0 aromatic heterocycles. The molecule has 152 valence electrons. The monoisotopic (exact) mass is 393 g/mol. The number of nitrogens with zero attached hydrogens (tertiary/aromatic N) is 1. The van der Waals surface area contributed by atoms with Crippen molar-refractivity contribution in [3.63, 3.8) is 0 Å². The highest BCUT2D eigenvalue weighted by Gasteiger charge is 2.21. The van der Waals surface area contributed by atoms with Crippen molar-refractivity contribution >= 4 is 23.3 Å². The van der Waals surface area contributed by atoms with Gasteiger partial charge in [0, 0.05) is 48.9 Å². The minimum absolute atomic E-state index is 0.00578. The second-order valence-corrected chi connectivity index (χ2v) is 7.39. The number of Topliss-reactive ketones (excluding diaryl/α,β-unsaturated/α-hetero) is 1. The first-order valence-electron chi connectivity index (χ1n) is 10.0. The lowest BCUT2D eigenvalue weighted by molar-refractivity contribution is -0.116. The summed E-state index contributed by atoms with van der Waals surface area (Å²) in [6.45, 7) is 3.93. The summed E-state index contributed by atoms with van der Waals surface area (Å²) in [5.74, 6) is -0.0643. The van der Waals surface area contributed by atoms with E-state index in [1.807, 2.05) is 30.3 Å². The van der Waals surface area contributed by atoms with Crippen LogP contribution in [0.1, 0.15) is 46.9 Å². The standard InChI is InChI=1S/C23H27N3O3/c1-17(27)18-7-9-20(10-8-18)24-22(28)13-16-26-14-11-21(12-15-26)25-23(29)19-5-3-2-4-6-19/h2-10,21H,11-16H2,1H3,(H,24,28)(H,25,29). The number of hydrogen-bond donors (Lipinski definition) is 2. The fourth-order valence-electron chi connectivity index (χ4n) is 3.43.